The third-order valence-corrected chi connectivity index (χ3v) is 6.70. The molecule has 1 heterocycles. The van der Waals surface area contributed by atoms with E-state index in [9.17, 15) is 8.42 Å². The number of halogens is 1. The summed E-state index contributed by atoms with van der Waals surface area (Å²) in [4.78, 5) is 0.385. The third kappa shape index (κ3) is 4.28. The number of hydrogen-bond acceptors (Lipinski definition) is 3. The molecular weight excluding hydrogens is 352 g/mol. The van der Waals surface area contributed by atoms with Crippen molar-refractivity contribution in [2.75, 3.05) is 20.1 Å². The molecule has 1 N–H and O–H groups in total. The van der Waals surface area contributed by atoms with Gasteiger partial charge in [-0.15, -0.1) is 0 Å². The van der Waals surface area contributed by atoms with Gasteiger partial charge in [-0.1, -0.05) is 25.3 Å². The summed E-state index contributed by atoms with van der Waals surface area (Å²) in [5, 5.41) is 3.06. The molecule has 21 heavy (non-hydrogen) atoms. The number of nitrogens with zero attached hydrogens (tertiary/aromatic N) is 1. The molecule has 1 aromatic carbocycles. The number of sulfonamides is 1. The lowest BCUT2D eigenvalue weighted by Crippen LogP contribution is -2.34. The van der Waals surface area contributed by atoms with Crippen molar-refractivity contribution in [3.8, 4) is 0 Å². The Bertz CT molecular complexity index is 567. The van der Waals surface area contributed by atoms with Crippen LogP contribution in [0.4, 0.5) is 0 Å². The van der Waals surface area contributed by atoms with E-state index < -0.39 is 10.0 Å². The summed E-state index contributed by atoms with van der Waals surface area (Å²) in [5.74, 6) is 0. The Morgan fingerprint density at radius 2 is 1.76 bits per heavy atom. The number of nitrogens with one attached hydrogen (secondary N) is 1. The number of hydrogen-bond donors (Lipinski definition) is 1. The Kier molecular flexibility index (Phi) is 6.22. The first kappa shape index (κ1) is 16.9. The van der Waals surface area contributed by atoms with Gasteiger partial charge in [0.2, 0.25) is 10.0 Å². The smallest absolute Gasteiger partial charge is 0.244 e. The Balaban J connectivity index is 2.30. The predicted octanol–water partition coefficient (Wildman–Crippen LogP) is 3.12. The predicted molar refractivity (Wildman–Crippen MR) is 88.7 cm³/mol. The van der Waals surface area contributed by atoms with Crippen LogP contribution in [0, 0.1) is 0 Å². The van der Waals surface area contributed by atoms with Gasteiger partial charge in [0.15, 0.2) is 0 Å². The van der Waals surface area contributed by atoms with Crippen LogP contribution in [0.25, 0.3) is 0 Å². The fourth-order valence-corrected chi connectivity index (χ4v) is 5.15. The highest BCUT2D eigenvalue weighted by atomic mass is 79.9. The topological polar surface area (TPSA) is 49.4 Å². The molecule has 0 radical (unpaired) electrons. The van der Waals surface area contributed by atoms with Crippen LogP contribution in [0.2, 0.25) is 0 Å². The highest BCUT2D eigenvalue weighted by Crippen LogP contribution is 2.27. The molecule has 118 valence electrons. The molecule has 1 saturated heterocycles. The zero-order chi connectivity index (χ0) is 15.3. The van der Waals surface area contributed by atoms with Crippen LogP contribution in [0.1, 0.15) is 37.7 Å². The van der Waals surface area contributed by atoms with Crippen LogP contribution in [-0.2, 0) is 16.6 Å². The second kappa shape index (κ2) is 7.72. The van der Waals surface area contributed by atoms with Gasteiger partial charge in [0.05, 0.1) is 4.90 Å². The van der Waals surface area contributed by atoms with E-state index in [1.807, 2.05) is 19.2 Å². The van der Waals surface area contributed by atoms with E-state index in [-0.39, 0.29) is 0 Å². The molecule has 0 amide bonds. The minimum Gasteiger partial charge on any atom is -0.316 e. The van der Waals surface area contributed by atoms with Crippen molar-refractivity contribution in [2.24, 2.45) is 0 Å². The summed E-state index contributed by atoms with van der Waals surface area (Å²) in [6.45, 7) is 1.92. The molecule has 1 aromatic rings. The van der Waals surface area contributed by atoms with Crippen molar-refractivity contribution in [3.63, 3.8) is 0 Å². The van der Waals surface area contributed by atoms with Gasteiger partial charge in [0.1, 0.15) is 0 Å². The minimum absolute atomic E-state index is 0.385. The largest absolute Gasteiger partial charge is 0.316 e. The second-order valence-electron chi connectivity index (χ2n) is 5.47. The summed E-state index contributed by atoms with van der Waals surface area (Å²) in [6.07, 6.45) is 5.36. The molecule has 0 bridgehead atoms. The first-order chi connectivity index (χ1) is 10.1. The first-order valence-corrected chi connectivity index (χ1v) is 9.72. The van der Waals surface area contributed by atoms with Crippen LogP contribution in [-0.4, -0.2) is 32.9 Å². The molecule has 0 spiro atoms. The fraction of sp³-hybridized carbons (Fsp3) is 0.600. The van der Waals surface area contributed by atoms with Gasteiger partial charge in [-0.3, -0.25) is 0 Å². The van der Waals surface area contributed by atoms with Crippen LogP contribution in [0.15, 0.2) is 27.6 Å². The van der Waals surface area contributed by atoms with E-state index in [0.717, 1.165) is 31.2 Å². The van der Waals surface area contributed by atoms with Gasteiger partial charge in [-0.05, 0) is 53.5 Å². The number of rotatable bonds is 4. The van der Waals surface area contributed by atoms with Gasteiger partial charge in [0, 0.05) is 24.1 Å². The maximum Gasteiger partial charge on any atom is 0.244 e. The van der Waals surface area contributed by atoms with E-state index >= 15 is 0 Å². The Hall–Kier alpha value is -0.430. The molecule has 6 heteroatoms. The van der Waals surface area contributed by atoms with E-state index in [0.29, 0.717) is 29.0 Å². The molecular formula is C15H23BrN2O2S. The van der Waals surface area contributed by atoms with Crippen LogP contribution >= 0.6 is 15.9 Å². The van der Waals surface area contributed by atoms with E-state index in [1.54, 1.807) is 10.4 Å². The third-order valence-electron chi connectivity index (χ3n) is 3.81. The standard InChI is InChI=1S/C15H23BrN2O2S/c1-17-12-13-7-8-14(16)15(11-13)21(19,20)18-9-5-3-2-4-6-10-18/h7-8,11,17H,2-6,9-10,12H2,1H3. The highest BCUT2D eigenvalue weighted by molar-refractivity contribution is 9.10. The highest BCUT2D eigenvalue weighted by Gasteiger charge is 2.26. The summed E-state index contributed by atoms with van der Waals surface area (Å²) >= 11 is 3.39. The molecule has 0 aromatic heterocycles. The van der Waals surface area contributed by atoms with Crippen molar-refractivity contribution in [1.82, 2.24) is 9.62 Å². The van der Waals surface area contributed by atoms with Crippen molar-refractivity contribution in [2.45, 2.75) is 43.5 Å². The van der Waals surface area contributed by atoms with Gasteiger partial charge >= 0.3 is 0 Å². The Labute approximate surface area is 136 Å². The molecule has 4 nitrogen and oxygen atoms in total. The zero-order valence-electron chi connectivity index (χ0n) is 12.4. The molecule has 1 aliphatic rings. The quantitative estimate of drug-likeness (QED) is 0.880. The van der Waals surface area contributed by atoms with Crippen molar-refractivity contribution in [3.05, 3.63) is 28.2 Å². The lowest BCUT2D eigenvalue weighted by Gasteiger charge is -2.25. The summed E-state index contributed by atoms with van der Waals surface area (Å²) < 4.78 is 28.1. The molecule has 0 saturated carbocycles. The minimum atomic E-state index is -3.41. The van der Waals surface area contributed by atoms with Gasteiger partial charge in [-0.25, -0.2) is 8.42 Å². The van der Waals surface area contributed by atoms with E-state index in [2.05, 4.69) is 21.2 Å². The maximum atomic E-state index is 12.9. The van der Waals surface area contributed by atoms with Crippen molar-refractivity contribution in [1.29, 1.82) is 0 Å². The molecule has 1 aliphatic heterocycles. The van der Waals surface area contributed by atoms with Crippen LogP contribution in [0.3, 0.4) is 0 Å². The average molecular weight is 375 g/mol. The molecule has 2 rings (SSSR count). The second-order valence-corrected chi connectivity index (χ2v) is 8.23. The zero-order valence-corrected chi connectivity index (χ0v) is 14.8. The van der Waals surface area contributed by atoms with Crippen LogP contribution < -0.4 is 5.32 Å². The first-order valence-electron chi connectivity index (χ1n) is 7.49. The number of benzene rings is 1. The van der Waals surface area contributed by atoms with Gasteiger partial charge in [-0.2, -0.15) is 4.31 Å². The van der Waals surface area contributed by atoms with Gasteiger partial charge < -0.3 is 5.32 Å². The van der Waals surface area contributed by atoms with E-state index in [4.69, 9.17) is 0 Å². The Morgan fingerprint density at radius 3 is 2.38 bits per heavy atom. The summed E-state index contributed by atoms with van der Waals surface area (Å²) in [5.41, 5.74) is 0.978. The van der Waals surface area contributed by atoms with Crippen molar-refractivity contribution < 1.29 is 8.42 Å². The summed E-state index contributed by atoms with van der Waals surface area (Å²) in [7, 11) is -1.56. The lowest BCUT2D eigenvalue weighted by atomic mass is 10.1. The molecule has 1 fully saturated rings. The summed E-state index contributed by atoms with van der Waals surface area (Å²) in [6, 6.07) is 5.53. The maximum absolute atomic E-state index is 12.9. The van der Waals surface area contributed by atoms with Gasteiger partial charge in [0.25, 0.3) is 0 Å². The lowest BCUT2D eigenvalue weighted by molar-refractivity contribution is 0.364. The van der Waals surface area contributed by atoms with Crippen LogP contribution in [0.5, 0.6) is 0 Å². The average Bonchev–Trinajstić information content (AvgIpc) is 2.40. The fourth-order valence-electron chi connectivity index (χ4n) is 2.66. The Morgan fingerprint density at radius 1 is 1.14 bits per heavy atom. The van der Waals surface area contributed by atoms with E-state index in [1.165, 1.54) is 6.42 Å². The molecule has 0 aliphatic carbocycles. The molecule has 0 atom stereocenters. The molecule has 0 unspecified atom stereocenters. The monoisotopic (exact) mass is 374 g/mol. The van der Waals surface area contributed by atoms with Crippen molar-refractivity contribution >= 4 is 26.0 Å². The SMILES string of the molecule is CNCc1ccc(Br)c(S(=O)(=O)N2CCCCCCC2)c1. The normalized spacial score (nSPS) is 18.2.